The Kier molecular flexibility index (Phi) is 5.80. The first-order valence-corrected chi connectivity index (χ1v) is 8.35. The van der Waals surface area contributed by atoms with Gasteiger partial charge in [0.2, 0.25) is 11.8 Å². The summed E-state index contributed by atoms with van der Waals surface area (Å²) < 4.78 is 0. The van der Waals surface area contributed by atoms with Crippen molar-refractivity contribution in [3.63, 3.8) is 0 Å². The summed E-state index contributed by atoms with van der Waals surface area (Å²) >= 11 is 5.73. The molecule has 132 valence electrons. The Labute approximate surface area is 152 Å². The number of benzene rings is 1. The van der Waals surface area contributed by atoms with E-state index in [1.807, 2.05) is 33.8 Å². The number of nitrogens with one attached hydrogen (secondary N) is 2. The van der Waals surface area contributed by atoms with Crippen LogP contribution >= 0.6 is 11.6 Å². The average Bonchev–Trinajstić information content (AvgIpc) is 2.51. The Hall–Kier alpha value is -2.40. The molecule has 0 atom stereocenters. The molecule has 1 aromatic heterocycles. The third-order valence-electron chi connectivity index (χ3n) is 3.59. The van der Waals surface area contributed by atoms with Gasteiger partial charge in [0, 0.05) is 23.0 Å². The van der Waals surface area contributed by atoms with Gasteiger partial charge in [-0.25, -0.2) is 4.98 Å². The Balaban J connectivity index is 2.01. The molecule has 0 unspecified atom stereocenters. The van der Waals surface area contributed by atoms with Crippen LogP contribution < -0.4 is 10.6 Å². The minimum absolute atomic E-state index is 0.0531. The largest absolute Gasteiger partial charge is 0.326 e. The Bertz CT molecular complexity index is 780. The quantitative estimate of drug-likeness (QED) is 0.803. The van der Waals surface area contributed by atoms with Crippen LogP contribution in [0.4, 0.5) is 11.4 Å². The van der Waals surface area contributed by atoms with Crippen molar-refractivity contribution in [1.82, 2.24) is 4.98 Å². The van der Waals surface area contributed by atoms with E-state index in [0.29, 0.717) is 10.8 Å². The van der Waals surface area contributed by atoms with E-state index < -0.39 is 5.41 Å². The van der Waals surface area contributed by atoms with Gasteiger partial charge >= 0.3 is 0 Å². The van der Waals surface area contributed by atoms with Crippen molar-refractivity contribution < 1.29 is 9.59 Å². The second-order valence-corrected chi connectivity index (χ2v) is 7.34. The van der Waals surface area contributed by atoms with Gasteiger partial charge in [0.05, 0.1) is 6.42 Å². The summed E-state index contributed by atoms with van der Waals surface area (Å²) in [7, 11) is 0. The normalized spacial score (nSPS) is 11.1. The van der Waals surface area contributed by atoms with E-state index in [2.05, 4.69) is 15.6 Å². The molecular formula is C19H22ClN3O2. The zero-order chi connectivity index (χ0) is 18.6. The maximum absolute atomic E-state index is 12.1. The molecule has 0 spiro atoms. The van der Waals surface area contributed by atoms with Crippen molar-refractivity contribution in [2.75, 3.05) is 10.6 Å². The van der Waals surface area contributed by atoms with E-state index in [1.165, 1.54) is 0 Å². The molecule has 0 fully saturated rings. The van der Waals surface area contributed by atoms with Gasteiger partial charge in [0.1, 0.15) is 5.15 Å². The second kappa shape index (κ2) is 7.66. The summed E-state index contributed by atoms with van der Waals surface area (Å²) in [6.45, 7) is 7.46. The number of rotatable bonds is 4. The summed E-state index contributed by atoms with van der Waals surface area (Å²) in [5.74, 6) is -0.197. The molecule has 2 amide bonds. The van der Waals surface area contributed by atoms with Gasteiger partial charge in [0.25, 0.3) is 0 Å². The van der Waals surface area contributed by atoms with Crippen LogP contribution in [0.15, 0.2) is 36.5 Å². The smallest absolute Gasteiger partial charge is 0.229 e. The van der Waals surface area contributed by atoms with Crippen LogP contribution in [0.2, 0.25) is 5.15 Å². The van der Waals surface area contributed by atoms with Crippen LogP contribution in [0.1, 0.15) is 31.9 Å². The number of carbonyl (C=O) groups excluding carboxylic acids is 2. The molecule has 0 saturated heterocycles. The van der Waals surface area contributed by atoms with Crippen molar-refractivity contribution >= 4 is 34.8 Å². The number of hydrogen-bond acceptors (Lipinski definition) is 3. The van der Waals surface area contributed by atoms with E-state index in [1.54, 1.807) is 30.5 Å². The molecule has 5 nitrogen and oxygen atoms in total. The minimum atomic E-state index is -0.466. The molecule has 0 radical (unpaired) electrons. The molecule has 2 rings (SSSR count). The third kappa shape index (κ3) is 5.57. The molecule has 2 aromatic rings. The van der Waals surface area contributed by atoms with Crippen molar-refractivity contribution in [2.24, 2.45) is 5.41 Å². The van der Waals surface area contributed by atoms with Crippen molar-refractivity contribution in [2.45, 2.75) is 34.1 Å². The number of nitrogens with zero attached hydrogens (tertiary/aromatic N) is 1. The molecule has 25 heavy (non-hydrogen) atoms. The van der Waals surface area contributed by atoms with Gasteiger partial charge in [-0.15, -0.1) is 0 Å². The van der Waals surface area contributed by atoms with Crippen LogP contribution in [-0.4, -0.2) is 16.8 Å². The fourth-order valence-corrected chi connectivity index (χ4v) is 2.20. The molecule has 0 bridgehead atoms. The van der Waals surface area contributed by atoms with Crippen molar-refractivity contribution in [3.8, 4) is 0 Å². The first-order valence-electron chi connectivity index (χ1n) is 7.97. The Morgan fingerprint density at radius 1 is 1.12 bits per heavy atom. The Morgan fingerprint density at radius 2 is 1.84 bits per heavy atom. The predicted octanol–water partition coefficient (Wildman–Crippen LogP) is 4.21. The summed E-state index contributed by atoms with van der Waals surface area (Å²) in [6.07, 6.45) is 1.80. The van der Waals surface area contributed by atoms with Gasteiger partial charge in [-0.1, -0.05) is 38.4 Å². The predicted molar refractivity (Wildman–Crippen MR) is 101 cm³/mol. The van der Waals surface area contributed by atoms with E-state index in [-0.39, 0.29) is 18.2 Å². The number of aryl methyl sites for hydroxylation is 1. The molecule has 0 aliphatic heterocycles. The highest BCUT2D eigenvalue weighted by atomic mass is 35.5. The lowest BCUT2D eigenvalue weighted by Crippen LogP contribution is -2.27. The summed E-state index contributed by atoms with van der Waals surface area (Å²) in [5, 5.41) is 6.14. The number of aromatic nitrogens is 1. The lowest BCUT2D eigenvalue weighted by molar-refractivity contribution is -0.123. The topological polar surface area (TPSA) is 71.1 Å². The molecule has 0 aliphatic rings. The maximum Gasteiger partial charge on any atom is 0.229 e. The van der Waals surface area contributed by atoms with Gasteiger partial charge in [-0.05, 0) is 42.3 Å². The first kappa shape index (κ1) is 18.9. The van der Waals surface area contributed by atoms with Crippen molar-refractivity contribution in [1.29, 1.82) is 0 Å². The van der Waals surface area contributed by atoms with E-state index in [9.17, 15) is 9.59 Å². The van der Waals surface area contributed by atoms with Gasteiger partial charge in [0.15, 0.2) is 0 Å². The Morgan fingerprint density at radius 3 is 2.40 bits per heavy atom. The second-order valence-electron chi connectivity index (χ2n) is 6.95. The summed E-state index contributed by atoms with van der Waals surface area (Å²) in [6, 6.07) is 8.81. The number of pyridine rings is 1. The zero-order valence-corrected chi connectivity index (χ0v) is 15.6. The zero-order valence-electron chi connectivity index (χ0n) is 14.8. The summed E-state index contributed by atoms with van der Waals surface area (Å²) in [5.41, 5.74) is 2.61. The molecular weight excluding hydrogens is 338 g/mol. The number of anilines is 2. The SMILES string of the molecule is Cc1cc(NC(=O)Cc2ccc(Cl)nc2)ccc1NC(=O)C(C)(C)C. The highest BCUT2D eigenvalue weighted by Gasteiger charge is 2.21. The van der Waals surface area contributed by atoms with Crippen LogP contribution in [-0.2, 0) is 16.0 Å². The van der Waals surface area contributed by atoms with Gasteiger partial charge in [-0.2, -0.15) is 0 Å². The van der Waals surface area contributed by atoms with Gasteiger partial charge < -0.3 is 10.6 Å². The molecule has 2 N–H and O–H groups in total. The monoisotopic (exact) mass is 359 g/mol. The standard InChI is InChI=1S/C19H22ClN3O2/c1-12-9-14(6-7-15(12)23-18(25)19(2,3)4)22-17(24)10-13-5-8-16(20)21-11-13/h5-9,11H,10H2,1-4H3,(H,22,24)(H,23,25). The fourth-order valence-electron chi connectivity index (χ4n) is 2.09. The number of hydrogen-bond donors (Lipinski definition) is 2. The highest BCUT2D eigenvalue weighted by molar-refractivity contribution is 6.29. The lowest BCUT2D eigenvalue weighted by Gasteiger charge is -2.19. The summed E-state index contributed by atoms with van der Waals surface area (Å²) in [4.78, 5) is 28.2. The van der Waals surface area contributed by atoms with Crippen LogP contribution in [0, 0.1) is 12.3 Å². The lowest BCUT2D eigenvalue weighted by atomic mass is 9.95. The first-order chi connectivity index (χ1) is 11.6. The maximum atomic E-state index is 12.1. The molecule has 6 heteroatoms. The van der Waals surface area contributed by atoms with Crippen LogP contribution in [0.25, 0.3) is 0 Å². The van der Waals surface area contributed by atoms with Crippen LogP contribution in [0.5, 0.6) is 0 Å². The highest BCUT2D eigenvalue weighted by Crippen LogP contribution is 2.23. The average molecular weight is 360 g/mol. The molecule has 1 heterocycles. The number of amides is 2. The van der Waals surface area contributed by atoms with Gasteiger partial charge in [-0.3, -0.25) is 9.59 Å². The van der Waals surface area contributed by atoms with Crippen LogP contribution in [0.3, 0.4) is 0 Å². The number of carbonyl (C=O) groups is 2. The molecule has 0 aliphatic carbocycles. The molecule has 0 saturated carbocycles. The van der Waals surface area contributed by atoms with E-state index in [4.69, 9.17) is 11.6 Å². The number of halogens is 1. The van der Waals surface area contributed by atoms with Crippen molar-refractivity contribution in [3.05, 3.63) is 52.8 Å². The minimum Gasteiger partial charge on any atom is -0.326 e. The third-order valence-corrected chi connectivity index (χ3v) is 3.82. The van der Waals surface area contributed by atoms with E-state index in [0.717, 1.165) is 16.8 Å². The van der Waals surface area contributed by atoms with E-state index >= 15 is 0 Å². The fraction of sp³-hybridized carbons (Fsp3) is 0.316. The molecule has 1 aromatic carbocycles.